The summed E-state index contributed by atoms with van der Waals surface area (Å²) in [7, 11) is 1.52. The monoisotopic (exact) mass is 281 g/mol. The number of rotatable bonds is 2. The van der Waals surface area contributed by atoms with Crippen molar-refractivity contribution in [2.24, 2.45) is 0 Å². The van der Waals surface area contributed by atoms with Crippen LogP contribution in [0, 0.1) is 22.6 Å². The molecule has 5 heteroatoms. The first kappa shape index (κ1) is 13.1. The first-order valence-corrected chi connectivity index (χ1v) is 6.37. The van der Waals surface area contributed by atoms with E-state index in [0.29, 0.717) is 29.1 Å². The van der Waals surface area contributed by atoms with Crippen LogP contribution >= 0.6 is 0 Å². The van der Waals surface area contributed by atoms with Crippen LogP contribution in [-0.4, -0.2) is 12.9 Å². The van der Waals surface area contributed by atoms with Crippen LogP contribution in [0.25, 0.3) is 0 Å². The fourth-order valence-electron chi connectivity index (χ4n) is 2.55. The molecule has 2 aromatic carbocycles. The van der Waals surface area contributed by atoms with Crippen LogP contribution in [0.1, 0.15) is 16.7 Å². The maximum absolute atomic E-state index is 13.4. The Morgan fingerprint density at radius 3 is 2.86 bits per heavy atom. The lowest BCUT2D eigenvalue weighted by Crippen LogP contribution is -2.24. The summed E-state index contributed by atoms with van der Waals surface area (Å²) in [5.74, 6) is 0.318. The first-order valence-electron chi connectivity index (χ1n) is 6.37. The van der Waals surface area contributed by atoms with Crippen molar-refractivity contribution in [1.82, 2.24) is 0 Å². The SMILES string of the molecule is COc1cccc(C#N)c1N1Cc2ccc(F)cc2C1=N. The number of hydrogen-bond donors (Lipinski definition) is 1. The van der Waals surface area contributed by atoms with Crippen LogP contribution in [-0.2, 0) is 6.54 Å². The fraction of sp³-hybridized carbons (Fsp3) is 0.125. The van der Waals surface area contributed by atoms with Gasteiger partial charge < -0.3 is 9.64 Å². The lowest BCUT2D eigenvalue weighted by molar-refractivity contribution is 0.415. The van der Waals surface area contributed by atoms with Crippen molar-refractivity contribution in [2.75, 3.05) is 12.0 Å². The topological polar surface area (TPSA) is 60.1 Å². The van der Waals surface area contributed by atoms with E-state index in [1.54, 1.807) is 29.2 Å². The highest BCUT2D eigenvalue weighted by molar-refractivity contribution is 6.12. The highest BCUT2D eigenvalue weighted by Crippen LogP contribution is 2.37. The van der Waals surface area contributed by atoms with Crippen LogP contribution in [0.3, 0.4) is 0 Å². The van der Waals surface area contributed by atoms with Gasteiger partial charge in [-0.3, -0.25) is 5.41 Å². The number of hydrogen-bond acceptors (Lipinski definition) is 3. The molecular formula is C16H12FN3O. The van der Waals surface area contributed by atoms with Crippen LogP contribution < -0.4 is 9.64 Å². The molecule has 4 nitrogen and oxygen atoms in total. The average Bonchev–Trinajstić information content (AvgIpc) is 2.83. The molecule has 0 spiro atoms. The largest absolute Gasteiger partial charge is 0.495 e. The molecule has 0 unspecified atom stereocenters. The Labute approximate surface area is 121 Å². The molecule has 0 radical (unpaired) electrons. The smallest absolute Gasteiger partial charge is 0.143 e. The van der Waals surface area contributed by atoms with E-state index in [2.05, 4.69) is 6.07 Å². The number of benzene rings is 2. The Morgan fingerprint density at radius 2 is 2.14 bits per heavy atom. The molecule has 1 aliphatic rings. The lowest BCUT2D eigenvalue weighted by atomic mass is 10.1. The summed E-state index contributed by atoms with van der Waals surface area (Å²) in [6.07, 6.45) is 0. The summed E-state index contributed by atoms with van der Waals surface area (Å²) < 4.78 is 18.7. The molecule has 0 atom stereocenters. The number of fused-ring (bicyclic) bond motifs is 1. The second-order valence-electron chi connectivity index (χ2n) is 4.70. The Bertz CT molecular complexity index is 780. The van der Waals surface area contributed by atoms with Crippen molar-refractivity contribution >= 4 is 11.5 Å². The predicted octanol–water partition coefficient (Wildman–Crippen LogP) is 3.05. The summed E-state index contributed by atoms with van der Waals surface area (Å²) >= 11 is 0. The van der Waals surface area contributed by atoms with E-state index < -0.39 is 0 Å². The summed E-state index contributed by atoms with van der Waals surface area (Å²) in [6.45, 7) is 0.420. The number of ether oxygens (including phenoxy) is 1. The molecule has 104 valence electrons. The number of methoxy groups -OCH3 is 1. The summed E-state index contributed by atoms with van der Waals surface area (Å²) in [4.78, 5) is 1.67. The second kappa shape index (κ2) is 4.91. The van der Waals surface area contributed by atoms with E-state index in [1.165, 1.54) is 19.2 Å². The average molecular weight is 281 g/mol. The summed E-state index contributed by atoms with van der Waals surface area (Å²) in [6, 6.07) is 11.7. The van der Waals surface area contributed by atoms with Crippen LogP contribution in [0.15, 0.2) is 36.4 Å². The van der Waals surface area contributed by atoms with E-state index >= 15 is 0 Å². The normalized spacial score (nSPS) is 13.0. The molecule has 0 aliphatic carbocycles. The number of para-hydroxylation sites is 1. The van der Waals surface area contributed by atoms with E-state index in [1.807, 2.05) is 0 Å². The molecule has 0 fully saturated rings. The van der Waals surface area contributed by atoms with E-state index in [4.69, 9.17) is 10.1 Å². The van der Waals surface area contributed by atoms with Gasteiger partial charge in [0.25, 0.3) is 0 Å². The third-order valence-electron chi connectivity index (χ3n) is 3.53. The van der Waals surface area contributed by atoms with E-state index in [9.17, 15) is 9.65 Å². The molecule has 1 aliphatic heterocycles. The van der Waals surface area contributed by atoms with Gasteiger partial charge in [-0.25, -0.2) is 4.39 Å². The van der Waals surface area contributed by atoms with Gasteiger partial charge in [0.05, 0.1) is 19.2 Å². The highest BCUT2D eigenvalue weighted by atomic mass is 19.1. The third-order valence-corrected chi connectivity index (χ3v) is 3.53. The van der Waals surface area contributed by atoms with Gasteiger partial charge in [-0.2, -0.15) is 5.26 Å². The maximum Gasteiger partial charge on any atom is 0.143 e. The molecular weight excluding hydrogens is 269 g/mol. The third kappa shape index (κ3) is 2.01. The number of nitrogens with one attached hydrogen (secondary N) is 1. The molecule has 0 saturated carbocycles. The number of halogens is 1. The van der Waals surface area contributed by atoms with Gasteiger partial charge in [0.2, 0.25) is 0 Å². The Kier molecular flexibility index (Phi) is 3.07. The molecule has 1 N–H and O–H groups in total. The molecule has 21 heavy (non-hydrogen) atoms. The van der Waals surface area contributed by atoms with Gasteiger partial charge in [0.1, 0.15) is 29.2 Å². The van der Waals surface area contributed by atoms with Crippen molar-refractivity contribution in [3.8, 4) is 11.8 Å². The van der Waals surface area contributed by atoms with Crippen LogP contribution in [0.4, 0.5) is 10.1 Å². The van der Waals surface area contributed by atoms with Crippen molar-refractivity contribution in [3.63, 3.8) is 0 Å². The zero-order valence-electron chi connectivity index (χ0n) is 11.4. The van der Waals surface area contributed by atoms with Crippen molar-refractivity contribution in [1.29, 1.82) is 10.7 Å². The molecule has 1 heterocycles. The minimum atomic E-state index is -0.374. The Balaban J connectivity index is 2.13. The standard InChI is InChI=1S/C16H12FN3O/c1-21-14-4-2-3-10(8-18)15(14)20-9-11-5-6-12(17)7-13(11)16(20)19/h2-7,19H,9H2,1H3. The Morgan fingerprint density at radius 1 is 1.33 bits per heavy atom. The number of amidine groups is 1. The van der Waals surface area contributed by atoms with Crippen LogP contribution in [0.5, 0.6) is 5.75 Å². The second-order valence-corrected chi connectivity index (χ2v) is 4.70. The zero-order chi connectivity index (χ0) is 15.0. The Hall–Kier alpha value is -2.87. The molecule has 0 bridgehead atoms. The fourth-order valence-corrected chi connectivity index (χ4v) is 2.55. The molecule has 2 aromatic rings. The minimum absolute atomic E-state index is 0.172. The van der Waals surface area contributed by atoms with Gasteiger partial charge in [0, 0.05) is 5.56 Å². The van der Waals surface area contributed by atoms with E-state index in [0.717, 1.165) is 5.56 Å². The van der Waals surface area contributed by atoms with Crippen molar-refractivity contribution in [3.05, 3.63) is 58.9 Å². The van der Waals surface area contributed by atoms with Crippen molar-refractivity contribution < 1.29 is 9.13 Å². The number of nitrogens with zero attached hydrogens (tertiary/aromatic N) is 2. The van der Waals surface area contributed by atoms with Gasteiger partial charge >= 0.3 is 0 Å². The zero-order valence-corrected chi connectivity index (χ0v) is 11.4. The molecule has 3 rings (SSSR count). The minimum Gasteiger partial charge on any atom is -0.495 e. The molecule has 0 saturated heterocycles. The molecule has 0 amide bonds. The van der Waals surface area contributed by atoms with Gasteiger partial charge in [0.15, 0.2) is 0 Å². The summed E-state index contributed by atoms with van der Waals surface area (Å²) in [5.41, 5.74) is 2.37. The lowest BCUT2D eigenvalue weighted by Gasteiger charge is -2.21. The van der Waals surface area contributed by atoms with Gasteiger partial charge in [-0.15, -0.1) is 0 Å². The van der Waals surface area contributed by atoms with Crippen molar-refractivity contribution in [2.45, 2.75) is 6.54 Å². The number of anilines is 1. The maximum atomic E-state index is 13.4. The van der Waals surface area contributed by atoms with Crippen LogP contribution in [0.2, 0.25) is 0 Å². The van der Waals surface area contributed by atoms with E-state index in [-0.39, 0.29) is 11.7 Å². The quantitative estimate of drug-likeness (QED) is 0.920. The predicted molar refractivity (Wildman–Crippen MR) is 77.1 cm³/mol. The highest BCUT2D eigenvalue weighted by Gasteiger charge is 2.29. The molecule has 0 aromatic heterocycles. The van der Waals surface area contributed by atoms with Gasteiger partial charge in [-0.05, 0) is 29.8 Å². The number of nitriles is 1. The first-order chi connectivity index (χ1) is 10.2. The summed E-state index contributed by atoms with van der Waals surface area (Å²) in [5, 5.41) is 17.5. The van der Waals surface area contributed by atoms with Gasteiger partial charge in [-0.1, -0.05) is 12.1 Å².